The fraction of sp³-hybridized carbons (Fsp3) is 0.364. The number of amides is 3. The summed E-state index contributed by atoms with van der Waals surface area (Å²) >= 11 is 1.16. The molecule has 3 aromatic rings. The third-order valence-electron chi connectivity index (χ3n) is 4.90. The number of urea groups is 1. The van der Waals surface area contributed by atoms with Crippen molar-refractivity contribution in [2.24, 2.45) is 0 Å². The Hall–Kier alpha value is -3.65. The number of carbonyl (C=O) groups excluding carboxylic acids is 2. The highest BCUT2D eigenvalue weighted by Gasteiger charge is 2.36. The fourth-order valence-electron chi connectivity index (χ4n) is 3.54. The van der Waals surface area contributed by atoms with E-state index in [0.29, 0.717) is 27.8 Å². The molecule has 10 nitrogen and oxygen atoms in total. The Labute approximate surface area is 208 Å². The number of nitrogens with zero attached hydrogens (tertiary/aromatic N) is 3. The van der Waals surface area contributed by atoms with Crippen molar-refractivity contribution in [1.29, 1.82) is 0 Å². The number of benzene rings is 1. The number of para-hydroxylation sites is 1. The Balaban J connectivity index is 1.37. The maximum absolute atomic E-state index is 13.6. The third kappa shape index (κ3) is 5.76. The molecule has 14 heteroatoms. The summed E-state index contributed by atoms with van der Waals surface area (Å²) in [6, 6.07) is 4.72. The van der Waals surface area contributed by atoms with Gasteiger partial charge in [0.15, 0.2) is 5.13 Å². The van der Waals surface area contributed by atoms with Gasteiger partial charge in [-0.05, 0) is 32.9 Å². The highest BCUT2D eigenvalue weighted by molar-refractivity contribution is 7.19. The Kier molecular flexibility index (Phi) is 6.91. The minimum atomic E-state index is -4.54. The summed E-state index contributed by atoms with van der Waals surface area (Å²) in [4.78, 5) is 28.8. The maximum Gasteiger partial charge on any atom is 0.422 e. The summed E-state index contributed by atoms with van der Waals surface area (Å²) in [5, 5.41) is 9.74. The van der Waals surface area contributed by atoms with Crippen LogP contribution in [0.4, 0.5) is 27.9 Å². The van der Waals surface area contributed by atoms with Crippen molar-refractivity contribution in [2.75, 3.05) is 18.4 Å². The van der Waals surface area contributed by atoms with Crippen LogP contribution in [0.25, 0.3) is 16.3 Å². The normalized spacial score (nSPS) is 12.6. The van der Waals surface area contributed by atoms with E-state index in [-0.39, 0.29) is 18.8 Å². The molecule has 0 bridgehead atoms. The van der Waals surface area contributed by atoms with E-state index in [1.54, 1.807) is 20.8 Å². The first kappa shape index (κ1) is 25.4. The predicted octanol–water partition coefficient (Wildman–Crippen LogP) is 4.07. The zero-order valence-corrected chi connectivity index (χ0v) is 20.4. The molecule has 0 aliphatic heterocycles. The van der Waals surface area contributed by atoms with Crippen molar-refractivity contribution in [3.05, 3.63) is 47.3 Å². The van der Waals surface area contributed by atoms with Crippen LogP contribution < -0.4 is 21.5 Å². The Morgan fingerprint density at radius 3 is 2.64 bits per heavy atom. The van der Waals surface area contributed by atoms with Crippen molar-refractivity contribution in [2.45, 2.75) is 39.0 Å². The summed E-state index contributed by atoms with van der Waals surface area (Å²) in [7, 11) is 0. The number of nitrogens with one attached hydrogen (secondary N) is 4. The van der Waals surface area contributed by atoms with Gasteiger partial charge in [-0.2, -0.15) is 18.3 Å². The molecule has 0 unspecified atom stereocenters. The second-order valence-corrected chi connectivity index (χ2v) is 9.85. The van der Waals surface area contributed by atoms with Gasteiger partial charge in [0.25, 0.3) is 0 Å². The minimum Gasteiger partial charge on any atom is -0.443 e. The third-order valence-corrected chi connectivity index (χ3v) is 5.92. The van der Waals surface area contributed by atoms with Gasteiger partial charge in [0.1, 0.15) is 5.60 Å². The van der Waals surface area contributed by atoms with Crippen molar-refractivity contribution in [3.63, 3.8) is 0 Å². The molecule has 4 N–H and O–H groups in total. The van der Waals surface area contributed by atoms with E-state index in [1.807, 2.05) is 0 Å². The molecule has 0 atom stereocenters. The zero-order chi connectivity index (χ0) is 26.1. The molecule has 2 aromatic heterocycles. The van der Waals surface area contributed by atoms with E-state index in [9.17, 15) is 22.8 Å². The smallest absolute Gasteiger partial charge is 0.422 e. The summed E-state index contributed by atoms with van der Waals surface area (Å²) in [6.45, 7) is 5.65. The summed E-state index contributed by atoms with van der Waals surface area (Å²) in [5.74, 6) is 0. The molecule has 0 spiro atoms. The van der Waals surface area contributed by atoms with Crippen molar-refractivity contribution in [1.82, 2.24) is 30.9 Å². The average molecular weight is 524 g/mol. The number of fused-ring (bicyclic) bond motifs is 3. The monoisotopic (exact) mass is 523 g/mol. The first-order valence-electron chi connectivity index (χ1n) is 10.9. The van der Waals surface area contributed by atoms with Crippen LogP contribution in [0.2, 0.25) is 0 Å². The Morgan fingerprint density at radius 2 is 1.92 bits per heavy atom. The number of carbonyl (C=O) groups is 2. The van der Waals surface area contributed by atoms with Crippen LogP contribution in [-0.4, -0.2) is 45.6 Å². The number of ether oxygens (including phenoxy) is 1. The average Bonchev–Trinajstić information content (AvgIpc) is 3.42. The molecule has 0 radical (unpaired) electrons. The van der Waals surface area contributed by atoms with Gasteiger partial charge >= 0.3 is 18.3 Å². The number of thiazole rings is 1. The van der Waals surface area contributed by atoms with Gasteiger partial charge in [0.2, 0.25) is 0 Å². The molecule has 1 aliphatic rings. The second-order valence-electron chi connectivity index (χ2n) is 8.85. The number of hydrogen-bond donors (Lipinski definition) is 4. The molecule has 3 amide bonds. The summed E-state index contributed by atoms with van der Waals surface area (Å²) in [6.07, 6.45) is -3.23. The largest absolute Gasteiger partial charge is 0.443 e. The molecule has 192 valence electrons. The van der Waals surface area contributed by atoms with Gasteiger partial charge in [-0.1, -0.05) is 23.5 Å². The first-order chi connectivity index (χ1) is 16.9. The van der Waals surface area contributed by atoms with Gasteiger partial charge in [-0.3, -0.25) is 10.7 Å². The number of alkyl halides is 3. The molecule has 36 heavy (non-hydrogen) atoms. The molecular weight excluding hydrogens is 499 g/mol. The number of hydrazine groups is 1. The van der Waals surface area contributed by atoms with E-state index in [4.69, 9.17) is 4.74 Å². The van der Waals surface area contributed by atoms with E-state index in [0.717, 1.165) is 23.0 Å². The lowest BCUT2D eigenvalue weighted by molar-refractivity contribution is -0.137. The minimum absolute atomic E-state index is 0.0766. The van der Waals surface area contributed by atoms with Crippen LogP contribution in [0.3, 0.4) is 0 Å². The highest BCUT2D eigenvalue weighted by Crippen LogP contribution is 2.44. The molecule has 0 saturated carbocycles. The number of anilines is 1. The predicted molar refractivity (Wildman–Crippen MR) is 127 cm³/mol. The molecule has 2 heterocycles. The highest BCUT2D eigenvalue weighted by atomic mass is 32.1. The lowest BCUT2D eigenvalue weighted by atomic mass is 10.1. The van der Waals surface area contributed by atoms with Crippen molar-refractivity contribution < 1.29 is 27.5 Å². The van der Waals surface area contributed by atoms with E-state index in [2.05, 4.69) is 31.6 Å². The summed E-state index contributed by atoms with van der Waals surface area (Å²) in [5.41, 5.74) is 5.45. The SMILES string of the molecule is CC(C)(C)OC(=O)NNCCNC(=O)Nc1nc2c(s1)-c1c(cnn1-c1ccccc1C(F)(F)F)C2. The van der Waals surface area contributed by atoms with Crippen LogP contribution in [0.1, 0.15) is 37.6 Å². The molecule has 4 rings (SSSR count). The zero-order valence-electron chi connectivity index (χ0n) is 19.6. The molecule has 0 fully saturated rings. The molecule has 1 aliphatic carbocycles. The van der Waals surface area contributed by atoms with Crippen molar-refractivity contribution in [3.8, 4) is 16.3 Å². The Morgan fingerprint density at radius 1 is 1.17 bits per heavy atom. The topological polar surface area (TPSA) is 122 Å². The Bertz CT molecular complexity index is 1280. The van der Waals surface area contributed by atoms with Crippen LogP contribution >= 0.6 is 11.3 Å². The first-order valence-corrected chi connectivity index (χ1v) is 11.7. The van der Waals surface area contributed by atoms with E-state index >= 15 is 0 Å². The van der Waals surface area contributed by atoms with Crippen LogP contribution in [0.15, 0.2) is 30.5 Å². The van der Waals surface area contributed by atoms with E-state index < -0.39 is 29.5 Å². The number of hydrogen-bond acceptors (Lipinski definition) is 7. The van der Waals surface area contributed by atoms with E-state index in [1.165, 1.54) is 29.1 Å². The van der Waals surface area contributed by atoms with Gasteiger partial charge in [-0.15, -0.1) is 0 Å². The van der Waals surface area contributed by atoms with Crippen LogP contribution in [0.5, 0.6) is 0 Å². The summed E-state index contributed by atoms with van der Waals surface area (Å²) < 4.78 is 47.0. The molecule has 1 aromatic carbocycles. The number of halogens is 3. The standard InChI is InChI=1S/C22H24F3N7O3S/c1-21(2,3)35-20(34)31-27-9-8-26-18(33)30-19-29-14-10-12-11-28-32(16(12)17(14)36-19)15-7-5-4-6-13(15)22(23,24)25/h4-7,11,27H,8-10H2,1-3H3,(H,31,34)(H2,26,29,30,33). The lowest BCUT2D eigenvalue weighted by Crippen LogP contribution is -2.44. The van der Waals surface area contributed by atoms with Gasteiger partial charge in [-0.25, -0.2) is 24.7 Å². The molecular formula is C22H24F3N7O3S. The number of rotatable bonds is 6. The van der Waals surface area contributed by atoms with Gasteiger partial charge < -0.3 is 10.1 Å². The lowest BCUT2D eigenvalue weighted by Gasteiger charge is -2.19. The fourth-order valence-corrected chi connectivity index (χ4v) is 4.59. The molecule has 0 saturated heterocycles. The number of aromatic nitrogens is 3. The van der Waals surface area contributed by atoms with Gasteiger partial charge in [0.05, 0.1) is 33.7 Å². The van der Waals surface area contributed by atoms with Gasteiger partial charge in [0, 0.05) is 25.1 Å². The van der Waals surface area contributed by atoms with Crippen LogP contribution in [0, 0.1) is 0 Å². The quantitative estimate of drug-likeness (QED) is 0.223. The maximum atomic E-state index is 13.6. The van der Waals surface area contributed by atoms with Crippen molar-refractivity contribution >= 4 is 28.6 Å². The second kappa shape index (κ2) is 9.78. The van der Waals surface area contributed by atoms with Crippen LogP contribution in [-0.2, 0) is 17.3 Å².